The van der Waals surface area contributed by atoms with Gasteiger partial charge in [0.15, 0.2) is 5.69 Å². The second-order valence-corrected chi connectivity index (χ2v) is 6.23. The number of carbonyl (C=O) groups is 1. The molecule has 1 saturated heterocycles. The monoisotopic (exact) mass is 332 g/mol. The van der Waals surface area contributed by atoms with Gasteiger partial charge < -0.3 is 13.7 Å². The lowest BCUT2D eigenvalue weighted by Crippen LogP contribution is -2.39. The standard InChI is InChI=1S/C17H24N4O3/c1-20-10-8-18-15(20)7-6-13-5-3-4-9-21(13)11-16-19-14(12-24-16)17(22)23-2/h8,10,12-13H,3-7,9,11H2,1-2H3. The van der Waals surface area contributed by atoms with Crippen molar-refractivity contribution in [1.29, 1.82) is 0 Å². The number of hydrogen-bond donors (Lipinski definition) is 0. The maximum absolute atomic E-state index is 11.5. The van der Waals surface area contributed by atoms with Crippen LogP contribution in [0.25, 0.3) is 0 Å². The molecule has 2 aromatic rings. The molecule has 1 aliphatic heterocycles. The highest BCUT2D eigenvalue weighted by Crippen LogP contribution is 2.23. The lowest BCUT2D eigenvalue weighted by Gasteiger charge is -2.34. The maximum Gasteiger partial charge on any atom is 0.360 e. The quantitative estimate of drug-likeness (QED) is 0.755. The molecule has 0 saturated carbocycles. The van der Waals surface area contributed by atoms with Crippen LogP contribution in [0.3, 0.4) is 0 Å². The van der Waals surface area contributed by atoms with Crippen LogP contribution in [0.2, 0.25) is 0 Å². The number of carbonyl (C=O) groups excluding carboxylic acids is 1. The van der Waals surface area contributed by atoms with Crippen molar-refractivity contribution in [2.45, 2.75) is 44.7 Å². The second-order valence-electron chi connectivity index (χ2n) is 6.23. The highest BCUT2D eigenvalue weighted by atomic mass is 16.5. The SMILES string of the molecule is COC(=O)c1coc(CN2CCCCC2CCc2nccn2C)n1. The van der Waals surface area contributed by atoms with E-state index in [9.17, 15) is 4.79 Å². The Labute approximate surface area is 141 Å². The van der Waals surface area contributed by atoms with Crippen molar-refractivity contribution in [3.8, 4) is 0 Å². The maximum atomic E-state index is 11.5. The summed E-state index contributed by atoms with van der Waals surface area (Å²) in [5, 5.41) is 0. The Hall–Kier alpha value is -2.15. The van der Waals surface area contributed by atoms with Crippen molar-refractivity contribution in [2.24, 2.45) is 7.05 Å². The first-order valence-electron chi connectivity index (χ1n) is 8.40. The summed E-state index contributed by atoms with van der Waals surface area (Å²) >= 11 is 0. The fraction of sp³-hybridized carbons (Fsp3) is 0.588. The topological polar surface area (TPSA) is 73.4 Å². The van der Waals surface area contributed by atoms with Crippen LogP contribution in [0, 0.1) is 0 Å². The number of methoxy groups -OCH3 is 1. The molecule has 0 N–H and O–H groups in total. The third-order valence-electron chi connectivity index (χ3n) is 4.66. The summed E-state index contributed by atoms with van der Waals surface area (Å²) in [7, 11) is 3.37. The number of aryl methyl sites for hydroxylation is 2. The Kier molecular flexibility index (Phi) is 5.30. The number of aromatic nitrogens is 3. The summed E-state index contributed by atoms with van der Waals surface area (Å²) in [5.74, 6) is 1.22. The molecule has 0 aromatic carbocycles. The average molecular weight is 332 g/mol. The van der Waals surface area contributed by atoms with Gasteiger partial charge >= 0.3 is 5.97 Å². The van der Waals surface area contributed by atoms with E-state index in [2.05, 4.69) is 24.2 Å². The van der Waals surface area contributed by atoms with Gasteiger partial charge in [-0.05, 0) is 25.8 Å². The molecule has 1 atom stereocenters. The van der Waals surface area contributed by atoms with Gasteiger partial charge in [0.05, 0.1) is 13.7 Å². The predicted molar refractivity (Wildman–Crippen MR) is 87.4 cm³/mol. The minimum Gasteiger partial charge on any atom is -0.464 e. The Balaban J connectivity index is 1.60. The summed E-state index contributed by atoms with van der Waals surface area (Å²) in [4.78, 5) is 22.5. The Morgan fingerprint density at radius 2 is 2.33 bits per heavy atom. The van der Waals surface area contributed by atoms with Gasteiger partial charge in [0.2, 0.25) is 5.89 Å². The fourth-order valence-corrected chi connectivity index (χ4v) is 3.28. The summed E-state index contributed by atoms with van der Waals surface area (Å²) in [6.45, 7) is 1.66. The van der Waals surface area contributed by atoms with Crippen molar-refractivity contribution in [3.63, 3.8) is 0 Å². The Bertz CT molecular complexity index is 679. The van der Waals surface area contributed by atoms with E-state index in [-0.39, 0.29) is 5.69 Å². The zero-order valence-corrected chi connectivity index (χ0v) is 14.3. The number of imidazole rings is 1. The number of hydrogen-bond acceptors (Lipinski definition) is 6. The van der Waals surface area contributed by atoms with Crippen LogP contribution in [-0.4, -0.2) is 45.1 Å². The van der Waals surface area contributed by atoms with Gasteiger partial charge in [-0.1, -0.05) is 6.42 Å². The second kappa shape index (κ2) is 7.61. The molecule has 2 aromatic heterocycles. The first-order chi connectivity index (χ1) is 11.7. The third kappa shape index (κ3) is 3.84. The molecule has 7 heteroatoms. The summed E-state index contributed by atoms with van der Waals surface area (Å²) in [5.41, 5.74) is 0.231. The zero-order valence-electron chi connectivity index (χ0n) is 14.3. The molecule has 0 amide bonds. The van der Waals surface area contributed by atoms with Crippen LogP contribution in [-0.2, 0) is 24.8 Å². The number of rotatable bonds is 6. The molecule has 3 heterocycles. The van der Waals surface area contributed by atoms with Crippen molar-refractivity contribution in [2.75, 3.05) is 13.7 Å². The molecular formula is C17H24N4O3. The normalized spacial score (nSPS) is 18.7. The zero-order chi connectivity index (χ0) is 16.9. The van der Waals surface area contributed by atoms with Gasteiger partial charge in [-0.2, -0.15) is 0 Å². The smallest absolute Gasteiger partial charge is 0.360 e. The molecule has 0 radical (unpaired) electrons. The van der Waals surface area contributed by atoms with Gasteiger partial charge in [-0.15, -0.1) is 0 Å². The largest absolute Gasteiger partial charge is 0.464 e. The van der Waals surface area contributed by atoms with Crippen LogP contribution in [0.1, 0.15) is 47.9 Å². The van der Waals surface area contributed by atoms with E-state index < -0.39 is 5.97 Å². The lowest BCUT2D eigenvalue weighted by molar-refractivity contribution is 0.0593. The number of oxazole rings is 1. The number of likely N-dealkylation sites (tertiary alicyclic amines) is 1. The number of nitrogens with zero attached hydrogens (tertiary/aromatic N) is 4. The summed E-state index contributed by atoms with van der Waals surface area (Å²) < 4.78 is 12.2. The molecule has 0 aliphatic carbocycles. The minimum atomic E-state index is -0.463. The van der Waals surface area contributed by atoms with Crippen LogP contribution >= 0.6 is 0 Å². The molecule has 130 valence electrons. The van der Waals surface area contributed by atoms with Crippen molar-refractivity contribution >= 4 is 5.97 Å². The van der Waals surface area contributed by atoms with Crippen LogP contribution in [0.5, 0.6) is 0 Å². The summed E-state index contributed by atoms with van der Waals surface area (Å²) in [6, 6.07) is 0.490. The van der Waals surface area contributed by atoms with Gasteiger partial charge in [0.1, 0.15) is 12.1 Å². The van der Waals surface area contributed by atoms with E-state index in [1.807, 2.05) is 19.4 Å². The average Bonchev–Trinajstić information content (AvgIpc) is 3.22. The van der Waals surface area contributed by atoms with Crippen molar-refractivity contribution in [1.82, 2.24) is 19.4 Å². The van der Waals surface area contributed by atoms with E-state index in [1.54, 1.807) is 0 Å². The van der Waals surface area contributed by atoms with E-state index in [4.69, 9.17) is 4.42 Å². The highest BCUT2D eigenvalue weighted by Gasteiger charge is 2.24. The molecule has 1 aliphatic rings. The molecule has 24 heavy (non-hydrogen) atoms. The number of ether oxygens (including phenoxy) is 1. The molecule has 1 fully saturated rings. The predicted octanol–water partition coefficient (Wildman–Crippen LogP) is 2.18. The third-order valence-corrected chi connectivity index (χ3v) is 4.66. The van der Waals surface area contributed by atoms with Gasteiger partial charge in [0.25, 0.3) is 0 Å². The van der Waals surface area contributed by atoms with Crippen molar-refractivity contribution < 1.29 is 13.9 Å². The summed E-state index contributed by atoms with van der Waals surface area (Å²) in [6.07, 6.45) is 10.8. The first kappa shape index (κ1) is 16.7. The molecule has 0 spiro atoms. The molecule has 1 unspecified atom stereocenters. The molecule has 0 bridgehead atoms. The molecular weight excluding hydrogens is 308 g/mol. The van der Waals surface area contributed by atoms with Crippen molar-refractivity contribution in [3.05, 3.63) is 36.1 Å². The van der Waals surface area contributed by atoms with E-state index in [0.717, 1.165) is 25.2 Å². The Morgan fingerprint density at radius 3 is 3.08 bits per heavy atom. The lowest BCUT2D eigenvalue weighted by atomic mass is 9.98. The molecule has 7 nitrogen and oxygen atoms in total. The van der Waals surface area contributed by atoms with Crippen LogP contribution in [0.15, 0.2) is 23.1 Å². The number of piperidine rings is 1. The molecule has 3 rings (SSSR count). The minimum absolute atomic E-state index is 0.231. The van der Waals surface area contributed by atoms with Crippen LogP contribution < -0.4 is 0 Å². The van der Waals surface area contributed by atoms with Gasteiger partial charge in [0, 0.05) is 31.9 Å². The van der Waals surface area contributed by atoms with Gasteiger partial charge in [-0.3, -0.25) is 4.90 Å². The highest BCUT2D eigenvalue weighted by molar-refractivity contribution is 5.86. The Morgan fingerprint density at radius 1 is 1.46 bits per heavy atom. The van der Waals surface area contributed by atoms with Crippen LogP contribution in [0.4, 0.5) is 0 Å². The van der Waals surface area contributed by atoms with Gasteiger partial charge in [-0.25, -0.2) is 14.8 Å². The number of esters is 1. The fourth-order valence-electron chi connectivity index (χ4n) is 3.28. The first-order valence-corrected chi connectivity index (χ1v) is 8.40. The van der Waals surface area contributed by atoms with E-state index in [0.29, 0.717) is 18.5 Å². The van der Waals surface area contributed by atoms with E-state index >= 15 is 0 Å². The van der Waals surface area contributed by atoms with E-state index in [1.165, 1.54) is 32.6 Å².